The molecule has 6 nitrogen and oxygen atoms in total. The van der Waals surface area contributed by atoms with Crippen molar-refractivity contribution in [1.29, 1.82) is 0 Å². The fraction of sp³-hybridized carbons (Fsp3) is 0.125. The number of furan rings is 1. The lowest BCUT2D eigenvalue weighted by molar-refractivity contribution is 0.0696. The molecule has 0 saturated carbocycles. The van der Waals surface area contributed by atoms with Crippen molar-refractivity contribution in [3.05, 3.63) is 65.4 Å². The lowest BCUT2D eigenvalue weighted by Gasteiger charge is -2.22. The van der Waals surface area contributed by atoms with Crippen molar-refractivity contribution in [2.45, 2.75) is 12.5 Å². The van der Waals surface area contributed by atoms with Crippen LogP contribution in [0.2, 0.25) is 0 Å². The molecule has 1 atom stereocenters. The molecular weight excluding hydrogens is 284 g/mol. The molecule has 0 bridgehead atoms. The van der Waals surface area contributed by atoms with Crippen LogP contribution in [0.25, 0.3) is 0 Å². The van der Waals surface area contributed by atoms with Crippen molar-refractivity contribution >= 4 is 18.0 Å². The molecule has 0 fully saturated rings. The van der Waals surface area contributed by atoms with E-state index in [-0.39, 0.29) is 11.3 Å². The zero-order valence-corrected chi connectivity index (χ0v) is 11.7. The second-order valence-corrected chi connectivity index (χ2v) is 4.86. The Labute approximate surface area is 125 Å². The molecular formula is C16H12N2O4. The first kappa shape index (κ1) is 13.9. The van der Waals surface area contributed by atoms with Gasteiger partial charge < -0.3 is 9.52 Å². The van der Waals surface area contributed by atoms with E-state index in [2.05, 4.69) is 9.98 Å². The molecule has 0 radical (unpaired) electrons. The molecule has 22 heavy (non-hydrogen) atoms. The Morgan fingerprint density at radius 1 is 1.27 bits per heavy atom. The zero-order valence-electron chi connectivity index (χ0n) is 11.7. The fourth-order valence-corrected chi connectivity index (χ4v) is 2.36. The molecule has 0 aliphatic carbocycles. The lowest BCUT2D eigenvalue weighted by atomic mass is 9.86. The first-order chi connectivity index (χ1) is 10.5. The van der Waals surface area contributed by atoms with Crippen molar-refractivity contribution in [3.8, 4) is 0 Å². The number of Topliss-reactive ketones (excluding diaryl/α,β-unsaturated/α-hetero) is 1. The summed E-state index contributed by atoms with van der Waals surface area (Å²) in [6, 6.07) is 4.50. The van der Waals surface area contributed by atoms with E-state index in [9.17, 15) is 9.59 Å². The lowest BCUT2D eigenvalue weighted by Crippen LogP contribution is -2.32. The van der Waals surface area contributed by atoms with Crippen LogP contribution in [0.3, 0.4) is 0 Å². The van der Waals surface area contributed by atoms with Gasteiger partial charge in [-0.1, -0.05) is 0 Å². The second kappa shape index (κ2) is 5.07. The van der Waals surface area contributed by atoms with Gasteiger partial charge >= 0.3 is 5.97 Å². The third kappa shape index (κ3) is 2.05. The Morgan fingerprint density at radius 2 is 2.09 bits per heavy atom. The number of hydrogen-bond acceptors (Lipinski definition) is 5. The minimum atomic E-state index is -1.27. The number of aryl methyl sites for hydroxylation is 1. The maximum absolute atomic E-state index is 12.9. The molecule has 0 amide bonds. The Morgan fingerprint density at radius 3 is 2.59 bits per heavy atom. The van der Waals surface area contributed by atoms with Crippen LogP contribution >= 0.6 is 0 Å². The molecule has 110 valence electrons. The summed E-state index contributed by atoms with van der Waals surface area (Å²) in [7, 11) is 0. The third-order valence-electron chi connectivity index (χ3n) is 3.55. The summed E-state index contributed by atoms with van der Waals surface area (Å²) >= 11 is 0. The van der Waals surface area contributed by atoms with Crippen LogP contribution in [-0.2, 0) is 5.54 Å². The maximum Gasteiger partial charge on any atom is 0.337 e. The second-order valence-electron chi connectivity index (χ2n) is 4.86. The average molecular weight is 296 g/mol. The smallest absolute Gasteiger partial charge is 0.337 e. The number of aromatic carboxylic acids is 1. The van der Waals surface area contributed by atoms with E-state index in [1.165, 1.54) is 30.8 Å². The molecule has 3 rings (SSSR count). The zero-order chi connectivity index (χ0) is 15.7. The summed E-state index contributed by atoms with van der Waals surface area (Å²) in [5.41, 5.74) is -0.427. The van der Waals surface area contributed by atoms with Gasteiger partial charge in [0.1, 0.15) is 5.76 Å². The van der Waals surface area contributed by atoms with Crippen LogP contribution in [0.1, 0.15) is 32.2 Å². The van der Waals surface area contributed by atoms with E-state index in [1.807, 2.05) is 0 Å². The molecule has 1 aliphatic rings. The van der Waals surface area contributed by atoms with Crippen LogP contribution in [0.5, 0.6) is 0 Å². The Balaban J connectivity index is 2.08. The van der Waals surface area contributed by atoms with Crippen molar-refractivity contribution in [2.24, 2.45) is 4.99 Å². The maximum atomic E-state index is 12.9. The number of aromatic nitrogens is 1. The average Bonchev–Trinajstić information content (AvgIpc) is 3.16. The first-order valence-electron chi connectivity index (χ1n) is 6.56. The summed E-state index contributed by atoms with van der Waals surface area (Å²) in [4.78, 5) is 32.2. The molecule has 6 heteroatoms. The summed E-state index contributed by atoms with van der Waals surface area (Å²) in [5.74, 6) is -0.836. The van der Waals surface area contributed by atoms with Gasteiger partial charge in [-0.3, -0.25) is 14.8 Å². The molecule has 1 unspecified atom stereocenters. The number of carbonyl (C=O) groups is 2. The number of aliphatic imine (C=N–C) groups is 1. The number of carboxylic acid groups (broad SMARTS) is 1. The highest BCUT2D eigenvalue weighted by Crippen LogP contribution is 2.34. The number of nitrogens with zero attached hydrogens (tertiary/aromatic N) is 2. The van der Waals surface area contributed by atoms with Crippen LogP contribution < -0.4 is 0 Å². The van der Waals surface area contributed by atoms with Gasteiger partial charge in [-0.05, 0) is 37.3 Å². The summed E-state index contributed by atoms with van der Waals surface area (Å²) in [6.45, 7) is 1.70. The summed E-state index contributed by atoms with van der Waals surface area (Å²) in [5, 5.41) is 8.94. The first-order valence-corrected chi connectivity index (χ1v) is 6.56. The number of hydrogen-bond donors (Lipinski definition) is 1. The summed E-state index contributed by atoms with van der Waals surface area (Å²) < 4.78 is 5.18. The third-order valence-corrected chi connectivity index (χ3v) is 3.55. The monoisotopic (exact) mass is 296 g/mol. The molecule has 2 aromatic heterocycles. The number of ketones is 1. The van der Waals surface area contributed by atoms with Gasteiger partial charge in [0.05, 0.1) is 23.1 Å². The topological polar surface area (TPSA) is 92.8 Å². The summed E-state index contributed by atoms with van der Waals surface area (Å²) in [6.07, 6.45) is 7.50. The van der Waals surface area contributed by atoms with Gasteiger partial charge in [0, 0.05) is 12.4 Å². The van der Waals surface area contributed by atoms with Crippen molar-refractivity contribution in [1.82, 2.24) is 4.98 Å². The normalized spacial score (nSPS) is 19.5. The SMILES string of the molecule is Cc1occc1C(=O)C1(c2ccc(C(=O)O)cn2)C=CC=N1. The number of rotatable bonds is 4. The largest absolute Gasteiger partial charge is 0.478 e. The number of pyridine rings is 1. The quantitative estimate of drug-likeness (QED) is 0.874. The minimum absolute atomic E-state index is 0.0526. The van der Waals surface area contributed by atoms with E-state index >= 15 is 0 Å². The van der Waals surface area contributed by atoms with Gasteiger partial charge in [-0.15, -0.1) is 0 Å². The van der Waals surface area contributed by atoms with Crippen molar-refractivity contribution in [3.63, 3.8) is 0 Å². The van der Waals surface area contributed by atoms with Crippen molar-refractivity contribution < 1.29 is 19.1 Å². The van der Waals surface area contributed by atoms with E-state index in [1.54, 1.807) is 25.1 Å². The van der Waals surface area contributed by atoms with E-state index in [0.717, 1.165) is 0 Å². The molecule has 0 saturated heterocycles. The van der Waals surface area contributed by atoms with Gasteiger partial charge in [0.2, 0.25) is 5.78 Å². The van der Waals surface area contributed by atoms with Gasteiger partial charge in [-0.25, -0.2) is 4.79 Å². The standard InChI is InChI=1S/C16H12N2O4/c1-10-12(5-8-22-10)14(19)16(6-2-7-18-16)13-4-3-11(9-17-13)15(20)21/h2-9H,1H3,(H,20,21). The van der Waals surface area contributed by atoms with Gasteiger partial charge in [0.25, 0.3) is 0 Å². The van der Waals surface area contributed by atoms with Gasteiger partial charge in [0.15, 0.2) is 5.54 Å². The predicted molar refractivity (Wildman–Crippen MR) is 78.3 cm³/mol. The molecule has 0 spiro atoms. The van der Waals surface area contributed by atoms with E-state index < -0.39 is 11.5 Å². The fourth-order valence-electron chi connectivity index (χ4n) is 2.36. The molecule has 1 aliphatic heterocycles. The minimum Gasteiger partial charge on any atom is -0.478 e. The number of allylic oxidation sites excluding steroid dienone is 1. The highest BCUT2D eigenvalue weighted by atomic mass is 16.4. The van der Waals surface area contributed by atoms with Crippen LogP contribution in [-0.4, -0.2) is 28.1 Å². The Hall–Kier alpha value is -3.02. The highest BCUT2D eigenvalue weighted by Gasteiger charge is 2.41. The van der Waals surface area contributed by atoms with E-state index in [4.69, 9.17) is 9.52 Å². The van der Waals surface area contributed by atoms with Crippen LogP contribution in [0, 0.1) is 6.92 Å². The molecule has 1 N–H and O–H groups in total. The Kier molecular flexibility index (Phi) is 3.21. The molecule has 2 aromatic rings. The van der Waals surface area contributed by atoms with Crippen molar-refractivity contribution in [2.75, 3.05) is 0 Å². The number of carboxylic acids is 1. The number of carbonyl (C=O) groups excluding carboxylic acids is 1. The molecule has 3 heterocycles. The van der Waals surface area contributed by atoms with Gasteiger partial charge in [-0.2, -0.15) is 0 Å². The predicted octanol–water partition coefficient (Wildman–Crippen LogP) is 2.40. The molecule has 0 aromatic carbocycles. The highest BCUT2D eigenvalue weighted by molar-refractivity contribution is 6.08. The Bertz CT molecular complexity index is 788. The van der Waals surface area contributed by atoms with Crippen LogP contribution in [0.15, 0.2) is 52.2 Å². The van der Waals surface area contributed by atoms with Crippen LogP contribution in [0.4, 0.5) is 0 Å². The van der Waals surface area contributed by atoms with E-state index in [0.29, 0.717) is 17.0 Å².